The molecule has 0 saturated heterocycles. The van der Waals surface area contributed by atoms with Crippen LogP contribution in [0.5, 0.6) is 0 Å². The van der Waals surface area contributed by atoms with E-state index < -0.39 is 0 Å². The van der Waals surface area contributed by atoms with Crippen molar-refractivity contribution in [3.8, 4) is 0 Å². The summed E-state index contributed by atoms with van der Waals surface area (Å²) in [6.45, 7) is 2.16. The van der Waals surface area contributed by atoms with Gasteiger partial charge in [-0.2, -0.15) is 0 Å². The van der Waals surface area contributed by atoms with Crippen molar-refractivity contribution in [2.24, 2.45) is 0 Å². The molecule has 15 heavy (non-hydrogen) atoms. The molecule has 0 unspecified atom stereocenters. The number of rotatable bonds is 2. The summed E-state index contributed by atoms with van der Waals surface area (Å²) in [7, 11) is 0. The molecule has 0 saturated carbocycles. The summed E-state index contributed by atoms with van der Waals surface area (Å²) in [4.78, 5) is 0. The van der Waals surface area contributed by atoms with Gasteiger partial charge in [0.25, 0.3) is 0 Å². The van der Waals surface area contributed by atoms with Gasteiger partial charge in [-0.25, -0.2) is 0 Å². The Morgan fingerprint density at radius 2 is 1.73 bits per heavy atom. The normalized spacial score (nSPS) is 10.3. The van der Waals surface area contributed by atoms with E-state index in [9.17, 15) is 0 Å². The summed E-state index contributed by atoms with van der Waals surface area (Å²) in [6, 6.07) is 17.0. The first-order valence-electron chi connectivity index (χ1n) is 5.04. The summed E-state index contributed by atoms with van der Waals surface area (Å²) in [5.41, 5.74) is 4.09. The number of halogens is 1. The Labute approximate surface area is 99.1 Å². The van der Waals surface area contributed by atoms with Gasteiger partial charge >= 0.3 is 0 Å². The highest BCUT2D eigenvalue weighted by molar-refractivity contribution is 9.10. The molecule has 0 aliphatic carbocycles. The lowest BCUT2D eigenvalue weighted by Gasteiger charge is -2.06. The topological polar surface area (TPSA) is 0 Å². The molecular formula is C14H13Br. The Bertz CT molecular complexity index is 446. The first-order valence-corrected chi connectivity index (χ1v) is 5.84. The highest BCUT2D eigenvalue weighted by atomic mass is 79.9. The molecular weight excluding hydrogens is 248 g/mol. The first kappa shape index (κ1) is 10.4. The van der Waals surface area contributed by atoms with Gasteiger partial charge in [0.05, 0.1) is 0 Å². The second kappa shape index (κ2) is 4.63. The predicted molar refractivity (Wildman–Crippen MR) is 68.1 cm³/mol. The highest BCUT2D eigenvalue weighted by Crippen LogP contribution is 2.19. The van der Waals surface area contributed by atoms with Crippen LogP contribution in [0.15, 0.2) is 53.0 Å². The molecule has 76 valence electrons. The average Bonchev–Trinajstić information content (AvgIpc) is 2.25. The maximum absolute atomic E-state index is 3.51. The zero-order valence-electron chi connectivity index (χ0n) is 8.70. The quantitative estimate of drug-likeness (QED) is 0.754. The van der Waals surface area contributed by atoms with Crippen LogP contribution >= 0.6 is 15.9 Å². The fraction of sp³-hybridized carbons (Fsp3) is 0.143. The van der Waals surface area contributed by atoms with Gasteiger partial charge in [-0.15, -0.1) is 0 Å². The highest BCUT2D eigenvalue weighted by Gasteiger charge is 2.00. The van der Waals surface area contributed by atoms with E-state index in [2.05, 4.69) is 71.4 Å². The van der Waals surface area contributed by atoms with E-state index in [0.29, 0.717) is 0 Å². The molecule has 2 aromatic carbocycles. The Morgan fingerprint density at radius 3 is 2.47 bits per heavy atom. The van der Waals surface area contributed by atoms with Crippen molar-refractivity contribution in [2.45, 2.75) is 13.3 Å². The molecule has 0 atom stereocenters. The van der Waals surface area contributed by atoms with Crippen LogP contribution in [-0.2, 0) is 6.42 Å². The molecule has 0 spiro atoms. The van der Waals surface area contributed by atoms with Gasteiger partial charge in [0, 0.05) is 4.47 Å². The summed E-state index contributed by atoms with van der Waals surface area (Å²) < 4.78 is 1.15. The van der Waals surface area contributed by atoms with Crippen molar-refractivity contribution in [1.29, 1.82) is 0 Å². The predicted octanol–water partition coefficient (Wildman–Crippen LogP) is 4.35. The van der Waals surface area contributed by atoms with E-state index in [0.717, 1.165) is 10.9 Å². The fourth-order valence-electron chi connectivity index (χ4n) is 1.65. The third-order valence-electron chi connectivity index (χ3n) is 2.55. The van der Waals surface area contributed by atoms with Gasteiger partial charge in [0.2, 0.25) is 0 Å². The maximum atomic E-state index is 3.51. The molecule has 0 amide bonds. The number of aryl methyl sites for hydroxylation is 1. The smallest absolute Gasteiger partial charge is 0.0178 e. The van der Waals surface area contributed by atoms with E-state index >= 15 is 0 Å². The molecule has 0 aliphatic rings. The molecule has 0 heterocycles. The molecule has 0 aromatic heterocycles. The van der Waals surface area contributed by atoms with Crippen LogP contribution in [0.4, 0.5) is 0 Å². The van der Waals surface area contributed by atoms with Gasteiger partial charge < -0.3 is 0 Å². The van der Waals surface area contributed by atoms with Crippen molar-refractivity contribution < 1.29 is 0 Å². The zero-order chi connectivity index (χ0) is 10.7. The minimum absolute atomic E-state index is 1.01. The molecule has 0 fully saturated rings. The number of benzene rings is 2. The Kier molecular flexibility index (Phi) is 3.22. The van der Waals surface area contributed by atoms with Crippen LogP contribution in [0.3, 0.4) is 0 Å². The van der Waals surface area contributed by atoms with Gasteiger partial charge in [0.15, 0.2) is 0 Å². The van der Waals surface area contributed by atoms with E-state index in [1.54, 1.807) is 0 Å². The lowest BCUT2D eigenvalue weighted by molar-refractivity contribution is 1.15. The van der Waals surface area contributed by atoms with E-state index in [1.807, 2.05) is 0 Å². The van der Waals surface area contributed by atoms with Crippen molar-refractivity contribution in [2.75, 3.05) is 0 Å². The Hall–Kier alpha value is -1.08. The van der Waals surface area contributed by atoms with E-state index in [1.165, 1.54) is 16.7 Å². The first-order chi connectivity index (χ1) is 7.25. The summed E-state index contributed by atoms with van der Waals surface area (Å²) in [5.74, 6) is 0. The van der Waals surface area contributed by atoms with Gasteiger partial charge in [-0.3, -0.25) is 0 Å². The van der Waals surface area contributed by atoms with Crippen LogP contribution in [0.25, 0.3) is 0 Å². The molecule has 2 aromatic rings. The maximum Gasteiger partial charge on any atom is 0.0178 e. The largest absolute Gasteiger partial charge is 0.0622 e. The molecule has 0 bridgehead atoms. The van der Waals surface area contributed by atoms with Gasteiger partial charge in [-0.05, 0) is 42.2 Å². The van der Waals surface area contributed by atoms with Gasteiger partial charge in [-0.1, -0.05) is 52.3 Å². The molecule has 2 rings (SSSR count). The van der Waals surface area contributed by atoms with Crippen LogP contribution in [0, 0.1) is 6.92 Å². The van der Waals surface area contributed by atoms with Crippen LogP contribution < -0.4 is 0 Å². The zero-order valence-corrected chi connectivity index (χ0v) is 10.3. The number of hydrogen-bond acceptors (Lipinski definition) is 0. The van der Waals surface area contributed by atoms with Crippen molar-refractivity contribution >= 4 is 15.9 Å². The third-order valence-corrected chi connectivity index (χ3v) is 3.04. The van der Waals surface area contributed by atoms with E-state index in [4.69, 9.17) is 0 Å². The average molecular weight is 261 g/mol. The summed E-state index contributed by atoms with van der Waals surface area (Å²) >= 11 is 3.51. The van der Waals surface area contributed by atoms with Gasteiger partial charge in [0.1, 0.15) is 0 Å². The van der Waals surface area contributed by atoms with E-state index in [-0.39, 0.29) is 0 Å². The Balaban J connectivity index is 2.28. The lowest BCUT2D eigenvalue weighted by Crippen LogP contribution is -1.91. The third kappa shape index (κ3) is 2.69. The molecule has 0 radical (unpaired) electrons. The molecule has 1 heteroatoms. The van der Waals surface area contributed by atoms with Crippen molar-refractivity contribution in [3.63, 3.8) is 0 Å². The molecule has 0 aliphatic heterocycles. The van der Waals surface area contributed by atoms with Crippen LogP contribution in [0.1, 0.15) is 16.7 Å². The summed E-state index contributed by atoms with van der Waals surface area (Å²) in [5, 5.41) is 0. The second-order valence-electron chi connectivity index (χ2n) is 3.73. The summed E-state index contributed by atoms with van der Waals surface area (Å²) in [6.07, 6.45) is 1.01. The molecule has 0 nitrogen and oxygen atoms in total. The fourth-order valence-corrected chi connectivity index (χ4v) is 2.05. The second-order valence-corrected chi connectivity index (χ2v) is 4.65. The number of hydrogen-bond donors (Lipinski definition) is 0. The standard InChI is InChI=1S/C14H13Br/c1-11-7-8-14(15)10-13(11)9-12-5-3-2-4-6-12/h2-8,10H,9H2,1H3. The minimum atomic E-state index is 1.01. The van der Waals surface area contributed by atoms with Crippen LogP contribution in [-0.4, -0.2) is 0 Å². The van der Waals surface area contributed by atoms with Crippen molar-refractivity contribution in [1.82, 2.24) is 0 Å². The monoisotopic (exact) mass is 260 g/mol. The Morgan fingerprint density at radius 1 is 1.00 bits per heavy atom. The lowest BCUT2D eigenvalue weighted by atomic mass is 10.0. The molecule has 0 N–H and O–H groups in total. The SMILES string of the molecule is Cc1ccc(Br)cc1Cc1ccccc1. The minimum Gasteiger partial charge on any atom is -0.0622 e. The van der Waals surface area contributed by atoms with Crippen molar-refractivity contribution in [3.05, 3.63) is 69.7 Å². The van der Waals surface area contributed by atoms with Crippen LogP contribution in [0.2, 0.25) is 0 Å².